The van der Waals surface area contributed by atoms with Gasteiger partial charge in [-0.3, -0.25) is 13.9 Å². The Labute approximate surface area is 217 Å². The highest BCUT2D eigenvalue weighted by atomic mass is 35.5. The van der Waals surface area contributed by atoms with Crippen LogP contribution in [0.2, 0.25) is 10.0 Å². The van der Waals surface area contributed by atoms with Gasteiger partial charge in [0.1, 0.15) is 12.6 Å². The minimum absolute atomic E-state index is 0.0397. The van der Waals surface area contributed by atoms with Crippen molar-refractivity contribution in [3.05, 3.63) is 63.6 Å². The summed E-state index contributed by atoms with van der Waals surface area (Å²) in [4.78, 5) is 28.1. The molecule has 0 heterocycles. The van der Waals surface area contributed by atoms with Crippen LogP contribution in [0.4, 0.5) is 5.69 Å². The summed E-state index contributed by atoms with van der Waals surface area (Å²) < 4.78 is 26.4. The molecule has 0 aliphatic heterocycles. The number of rotatable bonds is 9. The van der Waals surface area contributed by atoms with Gasteiger partial charge in [-0.25, -0.2) is 8.42 Å². The van der Waals surface area contributed by atoms with Crippen molar-refractivity contribution in [2.24, 2.45) is 0 Å². The van der Waals surface area contributed by atoms with Gasteiger partial charge in [0.25, 0.3) is 0 Å². The Morgan fingerprint density at radius 1 is 1.06 bits per heavy atom. The summed E-state index contributed by atoms with van der Waals surface area (Å²) in [6, 6.07) is 11.1. The second kappa shape index (κ2) is 11.6. The maximum Gasteiger partial charge on any atom is 0.244 e. The first-order valence-corrected chi connectivity index (χ1v) is 14.2. The van der Waals surface area contributed by atoms with Crippen LogP contribution in [0.5, 0.6) is 0 Å². The van der Waals surface area contributed by atoms with Crippen LogP contribution in [0, 0.1) is 6.92 Å². The minimum Gasteiger partial charge on any atom is -0.352 e. The number of nitrogens with one attached hydrogen (secondary N) is 1. The molecule has 1 atom stereocenters. The number of carbonyl (C=O) groups is 2. The number of benzene rings is 2. The zero-order valence-corrected chi connectivity index (χ0v) is 22.5. The first-order valence-electron chi connectivity index (χ1n) is 11.5. The van der Waals surface area contributed by atoms with Crippen molar-refractivity contribution in [2.75, 3.05) is 17.1 Å². The van der Waals surface area contributed by atoms with E-state index in [9.17, 15) is 18.0 Å². The predicted molar refractivity (Wildman–Crippen MR) is 140 cm³/mol. The predicted octanol–water partition coefficient (Wildman–Crippen LogP) is 4.54. The number of aryl methyl sites for hydroxylation is 1. The van der Waals surface area contributed by atoms with E-state index in [1.54, 1.807) is 56.3 Å². The third kappa shape index (κ3) is 6.90. The van der Waals surface area contributed by atoms with E-state index in [1.807, 2.05) is 0 Å². The van der Waals surface area contributed by atoms with Crippen molar-refractivity contribution in [3.8, 4) is 0 Å². The number of halogens is 2. The maximum absolute atomic E-state index is 13.6. The van der Waals surface area contributed by atoms with E-state index in [1.165, 1.54) is 4.90 Å². The average molecular weight is 541 g/mol. The van der Waals surface area contributed by atoms with E-state index in [4.69, 9.17) is 23.2 Å². The molecule has 190 valence electrons. The third-order valence-electron chi connectivity index (χ3n) is 6.32. The molecule has 1 aliphatic rings. The second-order valence-corrected chi connectivity index (χ2v) is 11.7. The van der Waals surface area contributed by atoms with E-state index in [-0.39, 0.29) is 18.5 Å². The van der Waals surface area contributed by atoms with Crippen molar-refractivity contribution in [3.63, 3.8) is 0 Å². The van der Waals surface area contributed by atoms with E-state index >= 15 is 0 Å². The normalized spacial score (nSPS) is 15.0. The molecule has 0 aromatic heterocycles. The standard InChI is InChI=1S/C25H31Cl2N3O4S/c1-17-9-4-7-14-23(17)30(35(3,33)34)16-24(31)29(15-20-21(26)12-8-13-22(20)27)18(2)25(32)28-19-10-5-6-11-19/h4,7-9,12-14,18-19H,5-6,10-11,15-16H2,1-3H3,(H,28,32)/t18-/m0/s1. The number of hydrogen-bond donors (Lipinski definition) is 1. The fraction of sp³-hybridized carbons (Fsp3) is 0.440. The van der Waals surface area contributed by atoms with Crippen LogP contribution in [0.1, 0.15) is 43.7 Å². The van der Waals surface area contributed by atoms with Gasteiger partial charge in [0.2, 0.25) is 21.8 Å². The lowest BCUT2D eigenvalue weighted by molar-refractivity contribution is -0.139. The number of hydrogen-bond acceptors (Lipinski definition) is 4. The molecule has 0 saturated heterocycles. The van der Waals surface area contributed by atoms with E-state index in [0.717, 1.165) is 36.2 Å². The molecule has 3 rings (SSSR count). The SMILES string of the molecule is Cc1ccccc1N(CC(=O)N(Cc1c(Cl)cccc1Cl)[C@@H](C)C(=O)NC1CCCC1)S(C)(=O)=O. The Morgan fingerprint density at radius 3 is 2.23 bits per heavy atom. The Bertz CT molecular complexity index is 1160. The van der Waals surface area contributed by atoms with E-state index in [0.29, 0.717) is 26.9 Å². The number of para-hydroxylation sites is 1. The number of amides is 2. The molecule has 1 fully saturated rings. The molecule has 10 heteroatoms. The molecule has 0 unspecified atom stereocenters. The summed E-state index contributed by atoms with van der Waals surface area (Å²) in [5.74, 6) is -0.834. The summed E-state index contributed by atoms with van der Waals surface area (Å²) in [5, 5.41) is 3.74. The van der Waals surface area contributed by atoms with Gasteiger partial charge in [-0.05, 0) is 50.5 Å². The first-order chi connectivity index (χ1) is 16.5. The van der Waals surface area contributed by atoms with Gasteiger partial charge in [-0.15, -0.1) is 0 Å². The van der Waals surface area contributed by atoms with Crippen molar-refractivity contribution in [1.29, 1.82) is 0 Å². The van der Waals surface area contributed by atoms with Crippen LogP contribution >= 0.6 is 23.2 Å². The van der Waals surface area contributed by atoms with Crippen molar-refractivity contribution >= 4 is 50.7 Å². The van der Waals surface area contributed by atoms with Gasteiger partial charge in [0.15, 0.2) is 0 Å². The molecule has 1 saturated carbocycles. The number of nitrogens with zero attached hydrogens (tertiary/aromatic N) is 2. The summed E-state index contributed by atoms with van der Waals surface area (Å²) in [6.45, 7) is 2.90. The Morgan fingerprint density at radius 2 is 1.66 bits per heavy atom. The number of carbonyl (C=O) groups excluding carboxylic acids is 2. The molecular formula is C25H31Cl2N3O4S. The zero-order valence-electron chi connectivity index (χ0n) is 20.1. The summed E-state index contributed by atoms with van der Waals surface area (Å²) in [7, 11) is -3.79. The molecule has 0 spiro atoms. The van der Waals surface area contributed by atoms with Crippen LogP contribution in [0.15, 0.2) is 42.5 Å². The Hall–Kier alpha value is -2.29. The van der Waals surface area contributed by atoms with Crippen LogP contribution < -0.4 is 9.62 Å². The van der Waals surface area contributed by atoms with Gasteiger partial charge in [-0.1, -0.05) is 60.3 Å². The fourth-order valence-corrected chi connectivity index (χ4v) is 5.69. The Balaban J connectivity index is 1.93. The summed E-state index contributed by atoms with van der Waals surface area (Å²) in [5.41, 5.74) is 1.60. The quantitative estimate of drug-likeness (QED) is 0.506. The summed E-state index contributed by atoms with van der Waals surface area (Å²) in [6.07, 6.45) is 4.96. The van der Waals surface area contributed by atoms with Crippen LogP contribution in [0.25, 0.3) is 0 Å². The molecule has 7 nitrogen and oxygen atoms in total. The van der Waals surface area contributed by atoms with E-state index in [2.05, 4.69) is 5.32 Å². The zero-order chi connectivity index (χ0) is 25.8. The molecule has 1 N–H and O–H groups in total. The highest BCUT2D eigenvalue weighted by Gasteiger charge is 2.32. The molecule has 0 radical (unpaired) electrons. The molecule has 2 aromatic rings. The van der Waals surface area contributed by atoms with Crippen molar-refractivity contribution < 1.29 is 18.0 Å². The smallest absolute Gasteiger partial charge is 0.244 e. The van der Waals surface area contributed by atoms with Gasteiger partial charge in [0.05, 0.1) is 11.9 Å². The maximum atomic E-state index is 13.6. The van der Waals surface area contributed by atoms with Crippen LogP contribution in [-0.2, 0) is 26.2 Å². The van der Waals surface area contributed by atoms with Crippen molar-refractivity contribution in [2.45, 2.75) is 58.2 Å². The lowest BCUT2D eigenvalue weighted by Gasteiger charge is -2.32. The highest BCUT2D eigenvalue weighted by molar-refractivity contribution is 7.92. The largest absolute Gasteiger partial charge is 0.352 e. The van der Waals surface area contributed by atoms with Gasteiger partial charge in [0, 0.05) is 28.2 Å². The molecule has 0 bridgehead atoms. The summed E-state index contributed by atoms with van der Waals surface area (Å²) >= 11 is 12.7. The van der Waals surface area contributed by atoms with Gasteiger partial charge < -0.3 is 10.2 Å². The van der Waals surface area contributed by atoms with Gasteiger partial charge >= 0.3 is 0 Å². The molecule has 1 aliphatic carbocycles. The lowest BCUT2D eigenvalue weighted by Crippen LogP contribution is -2.52. The van der Waals surface area contributed by atoms with E-state index < -0.39 is 28.5 Å². The van der Waals surface area contributed by atoms with Gasteiger partial charge in [-0.2, -0.15) is 0 Å². The van der Waals surface area contributed by atoms with Crippen LogP contribution in [0.3, 0.4) is 0 Å². The van der Waals surface area contributed by atoms with Crippen LogP contribution in [-0.4, -0.2) is 50.0 Å². The van der Waals surface area contributed by atoms with Crippen molar-refractivity contribution in [1.82, 2.24) is 10.2 Å². The molecule has 35 heavy (non-hydrogen) atoms. The lowest BCUT2D eigenvalue weighted by atomic mass is 10.1. The third-order valence-corrected chi connectivity index (χ3v) is 8.16. The fourth-order valence-electron chi connectivity index (χ4n) is 4.27. The first kappa shape index (κ1) is 27.3. The second-order valence-electron chi connectivity index (χ2n) is 8.94. The molecule has 2 amide bonds. The number of sulfonamides is 1. The monoisotopic (exact) mass is 539 g/mol. The Kier molecular flexibility index (Phi) is 9.07. The topological polar surface area (TPSA) is 86.8 Å². The highest BCUT2D eigenvalue weighted by Crippen LogP contribution is 2.28. The molecule has 2 aromatic carbocycles. The minimum atomic E-state index is -3.79. The average Bonchev–Trinajstić information content (AvgIpc) is 3.29. The number of anilines is 1. The molecular weight excluding hydrogens is 509 g/mol.